The number of rotatable bonds is 10. The van der Waals surface area contributed by atoms with Crippen LogP contribution in [0.25, 0.3) is 11.4 Å². The zero-order chi connectivity index (χ0) is 25.7. The Hall–Kier alpha value is -4.46. The Kier molecular flexibility index (Phi) is 7.44. The van der Waals surface area contributed by atoms with Crippen molar-refractivity contribution in [2.24, 2.45) is 0 Å². The maximum atomic E-state index is 13.4. The number of hydrogen-bond donors (Lipinski definition) is 1. The largest absolute Gasteiger partial charge is 0.493 e. The lowest BCUT2D eigenvalue weighted by Gasteiger charge is -2.13. The van der Waals surface area contributed by atoms with Gasteiger partial charge in [0.2, 0.25) is 11.5 Å². The van der Waals surface area contributed by atoms with E-state index in [1.807, 2.05) is 48.5 Å². The molecule has 0 fully saturated rings. The van der Waals surface area contributed by atoms with E-state index in [1.165, 1.54) is 21.3 Å². The van der Waals surface area contributed by atoms with Crippen LogP contribution >= 0.6 is 0 Å². The average Bonchev–Trinajstić information content (AvgIpc) is 3.32. The van der Waals surface area contributed by atoms with E-state index in [1.54, 1.807) is 26.2 Å². The number of H-pyrrole nitrogens is 1. The maximum Gasteiger partial charge on any atom is 0.213 e. The topological polar surface area (TPSA) is 91.9 Å². The summed E-state index contributed by atoms with van der Waals surface area (Å²) >= 11 is 0. The first kappa shape index (κ1) is 24.7. The molecule has 0 saturated carbocycles. The molecule has 0 atom stereocenters. The van der Waals surface area contributed by atoms with Crippen molar-refractivity contribution in [2.45, 2.75) is 13.5 Å². The van der Waals surface area contributed by atoms with Crippen molar-refractivity contribution in [3.05, 3.63) is 83.2 Å². The summed E-state index contributed by atoms with van der Waals surface area (Å²) < 4.78 is 27.6. The summed E-state index contributed by atoms with van der Waals surface area (Å²) in [6.45, 7) is 2.20. The Balaban J connectivity index is 1.65. The zero-order valence-corrected chi connectivity index (χ0v) is 20.9. The van der Waals surface area contributed by atoms with E-state index in [9.17, 15) is 4.79 Å². The molecule has 8 nitrogen and oxygen atoms in total. The number of ketones is 1. The summed E-state index contributed by atoms with van der Waals surface area (Å²) in [7, 11) is 6.11. The highest BCUT2D eigenvalue weighted by Crippen LogP contribution is 2.39. The van der Waals surface area contributed by atoms with Gasteiger partial charge in [0, 0.05) is 16.8 Å². The number of benzene rings is 3. The second-order valence-electron chi connectivity index (χ2n) is 7.94. The third-order valence-electron chi connectivity index (χ3n) is 5.70. The Morgan fingerprint density at radius 3 is 2.08 bits per heavy atom. The molecular weight excluding hydrogens is 460 g/mol. The molecule has 0 radical (unpaired) electrons. The van der Waals surface area contributed by atoms with Gasteiger partial charge in [-0.1, -0.05) is 30.3 Å². The highest BCUT2D eigenvalue weighted by atomic mass is 16.5. The molecule has 4 aromatic rings. The molecule has 0 spiro atoms. The summed E-state index contributed by atoms with van der Waals surface area (Å²) in [6.07, 6.45) is 0. The normalized spacial score (nSPS) is 10.6. The van der Waals surface area contributed by atoms with Gasteiger partial charge >= 0.3 is 0 Å². The second kappa shape index (κ2) is 10.9. The zero-order valence-electron chi connectivity index (χ0n) is 20.9. The summed E-state index contributed by atoms with van der Waals surface area (Å²) in [5.41, 5.74) is 3.09. The highest BCUT2D eigenvalue weighted by molar-refractivity contribution is 6.09. The smallest absolute Gasteiger partial charge is 0.213 e. The number of carbonyl (C=O) groups excluding carboxylic acids is 1. The van der Waals surface area contributed by atoms with E-state index in [-0.39, 0.29) is 5.78 Å². The van der Waals surface area contributed by atoms with Crippen LogP contribution in [0, 0.1) is 6.92 Å². The van der Waals surface area contributed by atoms with Gasteiger partial charge in [0.05, 0.1) is 28.4 Å². The molecule has 3 aromatic carbocycles. The molecule has 186 valence electrons. The van der Waals surface area contributed by atoms with Crippen LogP contribution in [0.4, 0.5) is 0 Å². The van der Waals surface area contributed by atoms with Crippen molar-refractivity contribution < 1.29 is 28.5 Å². The third kappa shape index (κ3) is 4.98. The van der Waals surface area contributed by atoms with E-state index in [0.717, 1.165) is 11.1 Å². The number of imidazole rings is 1. The summed E-state index contributed by atoms with van der Waals surface area (Å²) in [5, 5.41) is 0. The number of aromatic amines is 1. The first-order chi connectivity index (χ1) is 17.5. The van der Waals surface area contributed by atoms with E-state index >= 15 is 0 Å². The van der Waals surface area contributed by atoms with Crippen LogP contribution in [-0.2, 0) is 6.61 Å². The fraction of sp³-hybridized carbons (Fsp3) is 0.214. The number of aryl methyl sites for hydroxylation is 1. The van der Waals surface area contributed by atoms with E-state index in [4.69, 9.17) is 23.7 Å². The number of hydrogen-bond acceptors (Lipinski definition) is 7. The number of methoxy groups -OCH3 is 4. The molecule has 0 aliphatic rings. The van der Waals surface area contributed by atoms with Crippen LogP contribution in [0.15, 0.2) is 60.7 Å². The van der Waals surface area contributed by atoms with Crippen LogP contribution in [0.5, 0.6) is 28.7 Å². The Bertz CT molecular complexity index is 1340. The quantitative estimate of drug-likeness (QED) is 0.306. The first-order valence-corrected chi connectivity index (χ1v) is 11.3. The SMILES string of the molecule is COc1ccc(-c2nc(C(=O)c3cc(OC)c(OC)c(OC)c3)c(C)[nH]2)cc1OCc1ccccc1. The minimum Gasteiger partial charge on any atom is -0.493 e. The number of ether oxygens (including phenoxy) is 5. The Morgan fingerprint density at radius 2 is 1.47 bits per heavy atom. The van der Waals surface area contributed by atoms with Crippen molar-refractivity contribution in [1.29, 1.82) is 0 Å². The van der Waals surface area contributed by atoms with E-state index in [2.05, 4.69) is 9.97 Å². The highest BCUT2D eigenvalue weighted by Gasteiger charge is 2.22. The Morgan fingerprint density at radius 1 is 0.806 bits per heavy atom. The van der Waals surface area contributed by atoms with Gasteiger partial charge < -0.3 is 28.7 Å². The molecule has 0 unspecified atom stereocenters. The van der Waals surface area contributed by atoms with Crippen LogP contribution < -0.4 is 23.7 Å². The lowest BCUT2D eigenvalue weighted by atomic mass is 10.1. The Labute approximate surface area is 209 Å². The predicted octanol–water partition coefficient (Wildman–Crippen LogP) is 5.23. The fourth-order valence-corrected chi connectivity index (χ4v) is 3.84. The van der Waals surface area contributed by atoms with Crippen LogP contribution in [0.2, 0.25) is 0 Å². The van der Waals surface area contributed by atoms with Crippen molar-refractivity contribution in [3.8, 4) is 40.1 Å². The van der Waals surface area contributed by atoms with Crippen molar-refractivity contribution in [1.82, 2.24) is 9.97 Å². The maximum absolute atomic E-state index is 13.4. The molecule has 36 heavy (non-hydrogen) atoms. The first-order valence-electron chi connectivity index (χ1n) is 11.3. The molecule has 1 heterocycles. The standard InChI is InChI=1S/C28H28N2O6/c1-17-25(26(31)20-14-23(33-3)27(35-5)24(15-20)34-4)30-28(29-17)19-11-12-21(32-2)22(13-19)36-16-18-9-7-6-8-10-18/h6-15H,16H2,1-5H3,(H,29,30). The fourth-order valence-electron chi connectivity index (χ4n) is 3.84. The monoisotopic (exact) mass is 488 g/mol. The van der Waals surface area contributed by atoms with Gasteiger partial charge in [-0.15, -0.1) is 0 Å². The van der Waals surface area contributed by atoms with Gasteiger partial charge in [-0.3, -0.25) is 4.79 Å². The number of nitrogens with zero attached hydrogens (tertiary/aromatic N) is 1. The van der Waals surface area contributed by atoms with Crippen LogP contribution in [0.3, 0.4) is 0 Å². The molecule has 0 aliphatic carbocycles. The molecule has 0 saturated heterocycles. The van der Waals surface area contributed by atoms with Gasteiger partial charge in [0.15, 0.2) is 23.0 Å². The molecule has 1 aromatic heterocycles. The van der Waals surface area contributed by atoms with Gasteiger partial charge in [0.1, 0.15) is 18.1 Å². The molecular formula is C28H28N2O6. The van der Waals surface area contributed by atoms with Crippen LogP contribution in [-0.4, -0.2) is 44.2 Å². The third-order valence-corrected chi connectivity index (χ3v) is 5.70. The minimum absolute atomic E-state index is 0.275. The van der Waals surface area contributed by atoms with Crippen molar-refractivity contribution in [3.63, 3.8) is 0 Å². The molecule has 0 bridgehead atoms. The number of aromatic nitrogens is 2. The molecule has 0 aliphatic heterocycles. The lowest BCUT2D eigenvalue weighted by Crippen LogP contribution is -2.06. The van der Waals surface area contributed by atoms with Gasteiger partial charge in [-0.2, -0.15) is 0 Å². The lowest BCUT2D eigenvalue weighted by molar-refractivity contribution is 0.103. The van der Waals surface area contributed by atoms with Gasteiger partial charge in [-0.05, 0) is 42.8 Å². The van der Waals surface area contributed by atoms with Crippen molar-refractivity contribution >= 4 is 5.78 Å². The summed E-state index contributed by atoms with van der Waals surface area (Å²) in [6, 6.07) is 18.6. The average molecular weight is 489 g/mol. The molecule has 0 amide bonds. The minimum atomic E-state index is -0.275. The molecule has 8 heteroatoms. The van der Waals surface area contributed by atoms with E-state index in [0.29, 0.717) is 58.1 Å². The van der Waals surface area contributed by atoms with E-state index < -0.39 is 0 Å². The molecule has 4 rings (SSSR count). The molecule has 1 N–H and O–H groups in total. The van der Waals surface area contributed by atoms with Gasteiger partial charge in [-0.25, -0.2) is 4.98 Å². The summed E-state index contributed by atoms with van der Waals surface area (Å²) in [4.78, 5) is 21.2. The number of carbonyl (C=O) groups is 1. The summed E-state index contributed by atoms with van der Waals surface area (Å²) in [5.74, 6) is 2.64. The second-order valence-corrected chi connectivity index (χ2v) is 7.94. The van der Waals surface area contributed by atoms with Crippen LogP contribution in [0.1, 0.15) is 27.3 Å². The number of nitrogens with one attached hydrogen (secondary N) is 1. The van der Waals surface area contributed by atoms with Gasteiger partial charge in [0.25, 0.3) is 0 Å². The predicted molar refractivity (Wildman–Crippen MR) is 136 cm³/mol. The van der Waals surface area contributed by atoms with Crippen molar-refractivity contribution in [2.75, 3.05) is 28.4 Å².